The average molecular weight is 380 g/mol. The molecule has 0 saturated carbocycles. The van der Waals surface area contributed by atoms with E-state index in [4.69, 9.17) is 0 Å². The number of carbonyl (C=O) groups is 2. The first kappa shape index (κ1) is 17.0. The van der Waals surface area contributed by atoms with Crippen molar-refractivity contribution in [3.8, 4) is 0 Å². The molecule has 2 aromatic rings. The van der Waals surface area contributed by atoms with Crippen LogP contribution >= 0.6 is 11.8 Å². The molecule has 3 saturated heterocycles. The van der Waals surface area contributed by atoms with Crippen molar-refractivity contribution < 1.29 is 14.5 Å². The molecule has 2 aromatic carbocycles. The highest BCUT2D eigenvalue weighted by Crippen LogP contribution is 2.44. The van der Waals surface area contributed by atoms with Crippen LogP contribution in [0.2, 0.25) is 0 Å². The molecule has 3 heterocycles. The van der Waals surface area contributed by atoms with Gasteiger partial charge in [0, 0.05) is 23.3 Å². The van der Waals surface area contributed by atoms with Crippen LogP contribution in [0.5, 0.6) is 0 Å². The summed E-state index contributed by atoms with van der Waals surface area (Å²) in [5.74, 6) is -0.431. The molecule has 0 aromatic heterocycles. The topological polar surface area (TPSA) is 41.8 Å². The van der Waals surface area contributed by atoms with E-state index in [0.29, 0.717) is 5.69 Å². The van der Waals surface area contributed by atoms with E-state index in [9.17, 15) is 9.59 Å². The van der Waals surface area contributed by atoms with Crippen LogP contribution < -0.4 is 9.80 Å². The maximum atomic E-state index is 13.4. The second-order valence-electron chi connectivity index (χ2n) is 7.72. The van der Waals surface area contributed by atoms with Crippen LogP contribution in [0.15, 0.2) is 59.5 Å². The van der Waals surface area contributed by atoms with Gasteiger partial charge in [0.05, 0.1) is 12.2 Å². The lowest BCUT2D eigenvalue weighted by molar-refractivity contribution is -0.931. The monoisotopic (exact) mass is 379 g/mol. The lowest BCUT2D eigenvalue weighted by Crippen LogP contribution is -3.12. The Labute approximate surface area is 163 Å². The van der Waals surface area contributed by atoms with Gasteiger partial charge in [0.1, 0.15) is 23.9 Å². The summed E-state index contributed by atoms with van der Waals surface area (Å²) in [5, 5.41) is 0. The van der Waals surface area contributed by atoms with Gasteiger partial charge in [-0.05, 0) is 30.5 Å². The van der Waals surface area contributed by atoms with Crippen LogP contribution in [0.25, 0.3) is 0 Å². The van der Waals surface area contributed by atoms with Crippen molar-refractivity contribution in [3.63, 3.8) is 0 Å². The number of fused-ring (bicyclic) bond motifs is 3. The minimum atomic E-state index is -0.238. The molecule has 1 unspecified atom stereocenters. The molecule has 1 N–H and O–H groups in total. The molecular formula is C22H23N2O2S+. The maximum absolute atomic E-state index is 13.4. The number of nitrogens with zero attached hydrogens (tertiary/aromatic N) is 1. The first-order valence-corrected chi connectivity index (χ1v) is 10.9. The van der Waals surface area contributed by atoms with Crippen LogP contribution in [0.3, 0.4) is 0 Å². The third-order valence-electron chi connectivity index (χ3n) is 6.54. The summed E-state index contributed by atoms with van der Waals surface area (Å²) in [7, 11) is 0. The highest BCUT2D eigenvalue weighted by molar-refractivity contribution is 7.98. The molecule has 0 radical (unpaired) electrons. The SMILES string of the molecule is CSc1ccc([C@@H]2[C@@H]3C(=O)N(c4ccccc4)C(=O)[C@@H]3[C@H]3CCC[NH+]32)cc1. The van der Waals surface area contributed by atoms with E-state index in [0.717, 1.165) is 19.4 Å². The van der Waals surface area contributed by atoms with Gasteiger partial charge in [-0.25, -0.2) is 4.90 Å². The molecule has 2 amide bonds. The highest BCUT2D eigenvalue weighted by atomic mass is 32.2. The van der Waals surface area contributed by atoms with E-state index in [1.807, 2.05) is 30.3 Å². The average Bonchev–Trinajstić information content (AvgIpc) is 3.35. The normalized spacial score (nSPS) is 32.0. The van der Waals surface area contributed by atoms with Crippen molar-refractivity contribution in [2.75, 3.05) is 17.7 Å². The summed E-state index contributed by atoms with van der Waals surface area (Å²) in [4.78, 5) is 30.8. The van der Waals surface area contributed by atoms with Crippen LogP contribution in [-0.2, 0) is 9.59 Å². The van der Waals surface area contributed by atoms with Crippen molar-refractivity contribution in [2.45, 2.75) is 29.8 Å². The standard InChI is InChI=1S/C22H22N2O2S/c1-27-16-11-9-14(10-12-16)20-19-18(17-8-5-13-23(17)20)21(25)24(22(19)26)15-6-3-2-4-7-15/h2-4,6-7,9-12,17-20H,5,8,13H2,1H3/p+1/t17-,18-,19-,20-/m1/s1. The molecule has 3 fully saturated rings. The van der Waals surface area contributed by atoms with Crippen molar-refractivity contribution in [3.05, 3.63) is 60.2 Å². The molecule has 3 aliphatic rings. The molecule has 27 heavy (non-hydrogen) atoms. The van der Waals surface area contributed by atoms with Gasteiger partial charge in [0.2, 0.25) is 11.8 Å². The quantitative estimate of drug-likeness (QED) is 0.657. The zero-order valence-corrected chi connectivity index (χ0v) is 16.1. The summed E-state index contributed by atoms with van der Waals surface area (Å²) < 4.78 is 0. The van der Waals surface area contributed by atoms with Crippen molar-refractivity contribution in [1.29, 1.82) is 0 Å². The first-order chi connectivity index (χ1) is 13.2. The summed E-state index contributed by atoms with van der Waals surface area (Å²) >= 11 is 1.72. The van der Waals surface area contributed by atoms with E-state index in [-0.39, 0.29) is 35.7 Å². The van der Waals surface area contributed by atoms with Crippen molar-refractivity contribution in [2.24, 2.45) is 11.8 Å². The number of quaternary nitrogens is 1. The Hall–Kier alpha value is -2.11. The third-order valence-corrected chi connectivity index (χ3v) is 7.28. The fourth-order valence-electron chi connectivity index (χ4n) is 5.47. The van der Waals surface area contributed by atoms with Gasteiger partial charge >= 0.3 is 0 Å². The minimum absolute atomic E-state index is 0.00355. The summed E-state index contributed by atoms with van der Waals surface area (Å²) in [6, 6.07) is 18.3. The fourth-order valence-corrected chi connectivity index (χ4v) is 5.88. The largest absolute Gasteiger partial charge is 0.325 e. The maximum Gasteiger partial charge on any atom is 0.244 e. The Kier molecular flexibility index (Phi) is 4.10. The van der Waals surface area contributed by atoms with Gasteiger partial charge in [-0.2, -0.15) is 0 Å². The number of anilines is 1. The van der Waals surface area contributed by atoms with Crippen molar-refractivity contribution >= 4 is 29.3 Å². The number of amides is 2. The number of hydrogen-bond acceptors (Lipinski definition) is 3. The van der Waals surface area contributed by atoms with Crippen LogP contribution in [0.1, 0.15) is 24.4 Å². The second kappa shape index (κ2) is 6.50. The number of hydrogen-bond donors (Lipinski definition) is 1. The zero-order chi connectivity index (χ0) is 18.5. The van der Waals surface area contributed by atoms with E-state index in [2.05, 4.69) is 30.5 Å². The predicted molar refractivity (Wildman–Crippen MR) is 106 cm³/mol. The summed E-state index contributed by atoms with van der Waals surface area (Å²) in [6.07, 6.45) is 4.24. The van der Waals surface area contributed by atoms with Crippen LogP contribution in [-0.4, -0.2) is 30.7 Å². The van der Waals surface area contributed by atoms with E-state index in [1.54, 1.807) is 11.8 Å². The molecule has 0 aliphatic carbocycles. The number of benzene rings is 2. The van der Waals surface area contributed by atoms with E-state index >= 15 is 0 Å². The predicted octanol–water partition coefficient (Wildman–Crippen LogP) is 2.32. The van der Waals surface area contributed by atoms with Crippen LogP contribution in [0, 0.1) is 11.8 Å². The van der Waals surface area contributed by atoms with Gasteiger partial charge in [0.25, 0.3) is 0 Å². The first-order valence-electron chi connectivity index (χ1n) is 9.63. The molecule has 5 rings (SSSR count). The summed E-state index contributed by atoms with van der Waals surface area (Å²) in [5.41, 5.74) is 1.90. The number of nitrogens with one attached hydrogen (secondary N) is 1. The number of para-hydroxylation sites is 1. The molecule has 5 atom stereocenters. The number of thioether (sulfide) groups is 1. The Bertz CT molecular complexity index is 883. The van der Waals surface area contributed by atoms with Gasteiger partial charge < -0.3 is 4.90 Å². The van der Waals surface area contributed by atoms with Gasteiger partial charge in [-0.1, -0.05) is 30.3 Å². The smallest absolute Gasteiger partial charge is 0.244 e. The third kappa shape index (κ3) is 2.48. The van der Waals surface area contributed by atoms with E-state index < -0.39 is 0 Å². The number of carbonyl (C=O) groups excluding carboxylic acids is 2. The minimum Gasteiger partial charge on any atom is -0.325 e. The summed E-state index contributed by atoms with van der Waals surface area (Å²) in [6.45, 7) is 1.05. The van der Waals surface area contributed by atoms with Gasteiger partial charge in [0.15, 0.2) is 0 Å². The lowest BCUT2D eigenvalue weighted by Gasteiger charge is -2.26. The molecule has 5 heteroatoms. The Morgan fingerprint density at radius 2 is 1.67 bits per heavy atom. The number of imide groups is 1. The lowest BCUT2D eigenvalue weighted by atomic mass is 9.85. The zero-order valence-electron chi connectivity index (χ0n) is 15.3. The molecule has 0 spiro atoms. The molecular weight excluding hydrogens is 356 g/mol. The van der Waals surface area contributed by atoms with Gasteiger partial charge in [-0.3, -0.25) is 9.59 Å². The fraction of sp³-hybridized carbons (Fsp3) is 0.364. The molecule has 3 aliphatic heterocycles. The molecule has 0 bridgehead atoms. The molecule has 138 valence electrons. The van der Waals surface area contributed by atoms with Gasteiger partial charge in [-0.15, -0.1) is 11.8 Å². The Morgan fingerprint density at radius 1 is 0.963 bits per heavy atom. The highest BCUT2D eigenvalue weighted by Gasteiger charge is 2.66. The van der Waals surface area contributed by atoms with E-state index in [1.165, 1.54) is 20.3 Å². The molecule has 4 nitrogen and oxygen atoms in total. The second-order valence-corrected chi connectivity index (χ2v) is 8.60. The Balaban J connectivity index is 1.57. The van der Waals surface area contributed by atoms with Crippen molar-refractivity contribution in [1.82, 2.24) is 0 Å². The Morgan fingerprint density at radius 3 is 2.37 bits per heavy atom. The number of rotatable bonds is 3. The van der Waals surface area contributed by atoms with Crippen LogP contribution in [0.4, 0.5) is 5.69 Å².